The molecule has 3 heteroatoms. The molecule has 0 saturated heterocycles. The van der Waals surface area contributed by atoms with Gasteiger partial charge in [0.15, 0.2) is 0 Å². The van der Waals surface area contributed by atoms with Gasteiger partial charge in [0.05, 0.1) is 7.11 Å². The first-order chi connectivity index (χ1) is 9.12. The van der Waals surface area contributed by atoms with Crippen molar-refractivity contribution in [1.82, 2.24) is 10.2 Å². The predicted octanol–water partition coefficient (Wildman–Crippen LogP) is 3.21. The van der Waals surface area contributed by atoms with Crippen molar-refractivity contribution in [1.29, 1.82) is 0 Å². The number of benzene rings is 1. The van der Waals surface area contributed by atoms with Gasteiger partial charge in [-0.1, -0.05) is 19.9 Å². The highest BCUT2D eigenvalue weighted by atomic mass is 16.5. The van der Waals surface area contributed by atoms with Crippen molar-refractivity contribution in [2.75, 3.05) is 27.2 Å². The lowest BCUT2D eigenvalue weighted by molar-refractivity contribution is 0.317. The number of rotatable bonds is 8. The third kappa shape index (κ3) is 4.84. The Morgan fingerprint density at radius 2 is 2.05 bits per heavy atom. The minimum atomic E-state index is 0.381. The van der Waals surface area contributed by atoms with E-state index in [2.05, 4.69) is 56.2 Å². The first kappa shape index (κ1) is 16.0. The van der Waals surface area contributed by atoms with Crippen LogP contribution in [0.15, 0.2) is 18.2 Å². The number of nitrogens with zero attached hydrogens (tertiary/aromatic N) is 1. The van der Waals surface area contributed by atoms with Crippen molar-refractivity contribution in [3.05, 3.63) is 29.3 Å². The fourth-order valence-electron chi connectivity index (χ4n) is 2.37. The third-order valence-corrected chi connectivity index (χ3v) is 3.36. The Balaban J connectivity index is 2.89. The molecule has 0 aliphatic rings. The molecule has 0 amide bonds. The Morgan fingerprint density at radius 1 is 1.32 bits per heavy atom. The standard InChI is InChI=1S/C16H28N2O/c1-6-10-18(4)12-15-11-14(13(3)17-7-2)8-9-16(15)19-5/h8-9,11,13,17H,6-7,10,12H2,1-5H3. The molecule has 1 atom stereocenters. The summed E-state index contributed by atoms with van der Waals surface area (Å²) in [5, 5.41) is 3.45. The van der Waals surface area contributed by atoms with Crippen LogP contribution < -0.4 is 10.1 Å². The lowest BCUT2D eigenvalue weighted by Crippen LogP contribution is -2.20. The highest BCUT2D eigenvalue weighted by Gasteiger charge is 2.10. The van der Waals surface area contributed by atoms with Gasteiger partial charge in [-0.15, -0.1) is 0 Å². The van der Waals surface area contributed by atoms with Crippen molar-refractivity contribution < 1.29 is 4.74 Å². The van der Waals surface area contributed by atoms with Crippen molar-refractivity contribution >= 4 is 0 Å². The largest absolute Gasteiger partial charge is 0.496 e. The van der Waals surface area contributed by atoms with Crippen LogP contribution in [0.5, 0.6) is 5.75 Å². The van der Waals surface area contributed by atoms with E-state index in [0.29, 0.717) is 6.04 Å². The molecular weight excluding hydrogens is 236 g/mol. The highest BCUT2D eigenvalue weighted by molar-refractivity contribution is 5.38. The summed E-state index contributed by atoms with van der Waals surface area (Å²) in [6.45, 7) is 9.57. The maximum atomic E-state index is 5.47. The van der Waals surface area contributed by atoms with E-state index in [1.807, 2.05) is 0 Å². The fourth-order valence-corrected chi connectivity index (χ4v) is 2.37. The molecule has 1 N–H and O–H groups in total. The molecule has 0 heterocycles. The number of hydrogen-bond donors (Lipinski definition) is 1. The van der Waals surface area contributed by atoms with E-state index in [1.54, 1.807) is 7.11 Å². The molecule has 0 aliphatic heterocycles. The van der Waals surface area contributed by atoms with Crippen molar-refractivity contribution in [3.63, 3.8) is 0 Å². The van der Waals surface area contributed by atoms with Crippen molar-refractivity contribution in [3.8, 4) is 5.75 Å². The predicted molar refractivity (Wildman–Crippen MR) is 81.7 cm³/mol. The van der Waals surface area contributed by atoms with Gasteiger partial charge in [-0.3, -0.25) is 0 Å². The van der Waals surface area contributed by atoms with Gasteiger partial charge in [0, 0.05) is 18.2 Å². The van der Waals surface area contributed by atoms with Gasteiger partial charge in [-0.05, 0) is 51.2 Å². The normalized spacial score (nSPS) is 12.7. The fraction of sp³-hybridized carbons (Fsp3) is 0.625. The highest BCUT2D eigenvalue weighted by Crippen LogP contribution is 2.24. The van der Waals surface area contributed by atoms with E-state index in [9.17, 15) is 0 Å². The van der Waals surface area contributed by atoms with Gasteiger partial charge < -0.3 is 15.0 Å². The molecule has 3 nitrogen and oxygen atoms in total. The summed E-state index contributed by atoms with van der Waals surface area (Å²) >= 11 is 0. The van der Waals surface area contributed by atoms with Crippen LogP contribution in [0.25, 0.3) is 0 Å². The lowest BCUT2D eigenvalue weighted by Gasteiger charge is -2.20. The molecule has 0 aromatic heterocycles. The zero-order valence-electron chi connectivity index (χ0n) is 13.0. The summed E-state index contributed by atoms with van der Waals surface area (Å²) in [6.07, 6.45) is 1.17. The lowest BCUT2D eigenvalue weighted by atomic mass is 10.0. The molecule has 0 aliphatic carbocycles. The zero-order chi connectivity index (χ0) is 14.3. The molecule has 0 fully saturated rings. The van der Waals surface area contributed by atoms with Crippen LogP contribution in [0.1, 0.15) is 44.4 Å². The van der Waals surface area contributed by atoms with E-state index < -0.39 is 0 Å². The van der Waals surface area contributed by atoms with Crippen LogP contribution in [-0.2, 0) is 6.54 Å². The summed E-state index contributed by atoms with van der Waals surface area (Å²) in [7, 11) is 3.90. The summed E-state index contributed by atoms with van der Waals surface area (Å²) in [4.78, 5) is 2.33. The molecule has 0 radical (unpaired) electrons. The Kier molecular flexibility index (Phi) is 6.89. The van der Waals surface area contributed by atoms with E-state index in [4.69, 9.17) is 4.74 Å². The van der Waals surface area contributed by atoms with Crippen LogP contribution in [0.3, 0.4) is 0 Å². The average molecular weight is 264 g/mol. The zero-order valence-corrected chi connectivity index (χ0v) is 13.0. The summed E-state index contributed by atoms with van der Waals surface area (Å²) in [5.41, 5.74) is 2.59. The second kappa shape index (κ2) is 8.18. The van der Waals surface area contributed by atoms with E-state index in [0.717, 1.165) is 25.4 Å². The van der Waals surface area contributed by atoms with E-state index in [-0.39, 0.29) is 0 Å². The van der Waals surface area contributed by atoms with E-state index in [1.165, 1.54) is 17.5 Å². The Labute approximate surface area is 118 Å². The van der Waals surface area contributed by atoms with Gasteiger partial charge in [0.2, 0.25) is 0 Å². The maximum Gasteiger partial charge on any atom is 0.123 e. The summed E-state index contributed by atoms with van der Waals surface area (Å²) in [6, 6.07) is 6.87. The van der Waals surface area contributed by atoms with Crippen LogP contribution >= 0.6 is 0 Å². The average Bonchev–Trinajstić information content (AvgIpc) is 2.39. The maximum absolute atomic E-state index is 5.47. The second-order valence-electron chi connectivity index (χ2n) is 5.09. The molecule has 1 unspecified atom stereocenters. The number of hydrogen-bond acceptors (Lipinski definition) is 3. The SMILES string of the molecule is CCCN(C)Cc1cc(C(C)NCC)ccc1OC. The Bertz CT molecular complexity index is 379. The summed E-state index contributed by atoms with van der Waals surface area (Å²) < 4.78 is 5.47. The minimum absolute atomic E-state index is 0.381. The molecule has 1 aromatic carbocycles. The third-order valence-electron chi connectivity index (χ3n) is 3.36. The van der Waals surface area contributed by atoms with Crippen LogP contribution in [-0.4, -0.2) is 32.1 Å². The smallest absolute Gasteiger partial charge is 0.123 e. The first-order valence-electron chi connectivity index (χ1n) is 7.21. The van der Waals surface area contributed by atoms with Gasteiger partial charge in [-0.2, -0.15) is 0 Å². The molecule has 0 bridgehead atoms. The molecule has 1 aromatic rings. The molecule has 1 rings (SSSR count). The van der Waals surface area contributed by atoms with Crippen LogP contribution in [0.2, 0.25) is 0 Å². The minimum Gasteiger partial charge on any atom is -0.496 e. The van der Waals surface area contributed by atoms with Crippen LogP contribution in [0, 0.1) is 0 Å². The Morgan fingerprint density at radius 3 is 2.63 bits per heavy atom. The number of nitrogens with one attached hydrogen (secondary N) is 1. The van der Waals surface area contributed by atoms with Gasteiger partial charge in [0.1, 0.15) is 5.75 Å². The van der Waals surface area contributed by atoms with E-state index >= 15 is 0 Å². The topological polar surface area (TPSA) is 24.5 Å². The quantitative estimate of drug-likeness (QED) is 0.780. The van der Waals surface area contributed by atoms with Gasteiger partial charge in [0.25, 0.3) is 0 Å². The monoisotopic (exact) mass is 264 g/mol. The molecular formula is C16H28N2O. The molecule has 108 valence electrons. The number of ether oxygens (including phenoxy) is 1. The second-order valence-corrected chi connectivity index (χ2v) is 5.09. The number of methoxy groups -OCH3 is 1. The molecule has 0 spiro atoms. The van der Waals surface area contributed by atoms with Crippen molar-refractivity contribution in [2.45, 2.75) is 39.8 Å². The first-order valence-corrected chi connectivity index (χ1v) is 7.21. The van der Waals surface area contributed by atoms with Gasteiger partial charge >= 0.3 is 0 Å². The van der Waals surface area contributed by atoms with Gasteiger partial charge in [-0.25, -0.2) is 0 Å². The van der Waals surface area contributed by atoms with Crippen molar-refractivity contribution in [2.24, 2.45) is 0 Å². The molecule has 0 saturated carbocycles. The summed E-state index contributed by atoms with van der Waals surface area (Å²) in [5.74, 6) is 0.982. The Hall–Kier alpha value is -1.06. The van der Waals surface area contributed by atoms with Crippen LogP contribution in [0.4, 0.5) is 0 Å². The molecule has 19 heavy (non-hydrogen) atoms.